The van der Waals surface area contributed by atoms with E-state index in [9.17, 15) is 9.18 Å². The smallest absolute Gasteiger partial charge is 0.196 e. The first-order chi connectivity index (χ1) is 8.61. The van der Waals surface area contributed by atoms with Crippen LogP contribution in [0.15, 0.2) is 42.5 Å². The topological polar surface area (TPSA) is 43.1 Å². The van der Waals surface area contributed by atoms with Crippen molar-refractivity contribution in [1.82, 2.24) is 0 Å². The van der Waals surface area contributed by atoms with Crippen molar-refractivity contribution < 1.29 is 9.18 Å². The van der Waals surface area contributed by atoms with Crippen LogP contribution in [0.25, 0.3) is 0 Å². The summed E-state index contributed by atoms with van der Waals surface area (Å²) in [4.78, 5) is 12.1. The number of carbonyl (C=O) groups excluding carboxylic acids is 1. The molecule has 0 saturated carbocycles. The van der Waals surface area contributed by atoms with Gasteiger partial charge in [-0.15, -0.1) is 0 Å². The summed E-state index contributed by atoms with van der Waals surface area (Å²) in [7, 11) is 0. The van der Waals surface area contributed by atoms with Crippen molar-refractivity contribution in [2.45, 2.75) is 13.3 Å². The van der Waals surface area contributed by atoms with E-state index >= 15 is 0 Å². The number of halogens is 1. The number of ketones is 1. The lowest BCUT2D eigenvalue weighted by molar-refractivity contribution is 0.103. The molecule has 18 heavy (non-hydrogen) atoms. The molecule has 2 aromatic rings. The Balaban J connectivity index is 2.38. The molecule has 0 spiro atoms. The zero-order chi connectivity index (χ0) is 13.1. The van der Waals surface area contributed by atoms with Gasteiger partial charge < -0.3 is 5.73 Å². The molecule has 2 aromatic carbocycles. The van der Waals surface area contributed by atoms with Gasteiger partial charge in [0.2, 0.25) is 0 Å². The molecule has 2 rings (SSSR count). The van der Waals surface area contributed by atoms with E-state index in [2.05, 4.69) is 0 Å². The highest BCUT2D eigenvalue weighted by molar-refractivity contribution is 6.09. The lowest BCUT2D eigenvalue weighted by Crippen LogP contribution is -2.05. The molecule has 0 aromatic heterocycles. The molecule has 0 radical (unpaired) electrons. The minimum absolute atomic E-state index is 0.0132. The fraction of sp³-hybridized carbons (Fsp3) is 0.133. The van der Waals surface area contributed by atoms with Crippen molar-refractivity contribution in [2.75, 3.05) is 5.73 Å². The molecule has 92 valence electrons. The molecule has 0 fully saturated rings. The van der Waals surface area contributed by atoms with Crippen LogP contribution >= 0.6 is 0 Å². The van der Waals surface area contributed by atoms with Crippen molar-refractivity contribution in [2.24, 2.45) is 0 Å². The van der Waals surface area contributed by atoms with Crippen LogP contribution in [0.1, 0.15) is 28.4 Å². The molecule has 0 heterocycles. The largest absolute Gasteiger partial charge is 0.399 e. The first kappa shape index (κ1) is 12.3. The van der Waals surface area contributed by atoms with Crippen LogP contribution in [0.4, 0.5) is 10.1 Å². The Bertz CT molecular complexity index is 576. The molecular weight excluding hydrogens is 229 g/mol. The molecule has 0 saturated heterocycles. The Kier molecular flexibility index (Phi) is 3.42. The lowest BCUT2D eigenvalue weighted by atomic mass is 10.0. The van der Waals surface area contributed by atoms with Crippen LogP contribution in [0.5, 0.6) is 0 Å². The van der Waals surface area contributed by atoms with Crippen molar-refractivity contribution in [1.29, 1.82) is 0 Å². The van der Waals surface area contributed by atoms with Crippen molar-refractivity contribution in [3.8, 4) is 0 Å². The monoisotopic (exact) mass is 243 g/mol. The van der Waals surface area contributed by atoms with Gasteiger partial charge in [-0.25, -0.2) is 4.39 Å². The second-order valence-electron chi connectivity index (χ2n) is 4.12. The predicted molar refractivity (Wildman–Crippen MR) is 70.1 cm³/mol. The van der Waals surface area contributed by atoms with Crippen LogP contribution in [0.2, 0.25) is 0 Å². The summed E-state index contributed by atoms with van der Waals surface area (Å²) < 4.78 is 13.6. The molecule has 2 N–H and O–H groups in total. The molecule has 0 amide bonds. The molecule has 0 bridgehead atoms. The zero-order valence-electron chi connectivity index (χ0n) is 10.1. The van der Waals surface area contributed by atoms with E-state index in [0.29, 0.717) is 11.3 Å². The van der Waals surface area contributed by atoms with E-state index in [-0.39, 0.29) is 11.3 Å². The number of aryl methyl sites for hydroxylation is 1. The molecule has 0 atom stereocenters. The average Bonchev–Trinajstić information content (AvgIpc) is 2.41. The van der Waals surface area contributed by atoms with Gasteiger partial charge in [-0.2, -0.15) is 0 Å². The number of anilines is 1. The standard InChI is InChI=1S/C15H14FNO/c1-2-10-3-5-11(6-4-10)15(18)13-9-12(17)7-8-14(13)16/h3-9H,2,17H2,1H3. The third-order valence-corrected chi connectivity index (χ3v) is 2.86. The zero-order valence-corrected chi connectivity index (χ0v) is 10.1. The van der Waals surface area contributed by atoms with Gasteiger partial charge in [0.1, 0.15) is 5.82 Å². The maximum Gasteiger partial charge on any atom is 0.196 e. The predicted octanol–water partition coefficient (Wildman–Crippen LogP) is 3.20. The maximum absolute atomic E-state index is 13.6. The fourth-order valence-electron chi connectivity index (χ4n) is 1.76. The first-order valence-corrected chi connectivity index (χ1v) is 5.80. The minimum atomic E-state index is -0.547. The number of hydrogen-bond acceptors (Lipinski definition) is 2. The summed E-state index contributed by atoms with van der Waals surface area (Å²) in [6, 6.07) is 11.2. The summed E-state index contributed by atoms with van der Waals surface area (Å²) in [5.41, 5.74) is 7.57. The summed E-state index contributed by atoms with van der Waals surface area (Å²) in [6.45, 7) is 2.04. The minimum Gasteiger partial charge on any atom is -0.399 e. The Hall–Kier alpha value is -2.16. The van der Waals surface area contributed by atoms with Gasteiger partial charge in [-0.3, -0.25) is 4.79 Å². The fourth-order valence-corrected chi connectivity index (χ4v) is 1.76. The maximum atomic E-state index is 13.6. The summed E-state index contributed by atoms with van der Waals surface area (Å²) >= 11 is 0. The van der Waals surface area contributed by atoms with E-state index < -0.39 is 5.82 Å². The Morgan fingerprint density at radius 1 is 1.17 bits per heavy atom. The van der Waals surface area contributed by atoms with E-state index in [4.69, 9.17) is 5.73 Å². The van der Waals surface area contributed by atoms with Crippen LogP contribution in [-0.4, -0.2) is 5.78 Å². The van der Waals surface area contributed by atoms with Gasteiger partial charge in [0.25, 0.3) is 0 Å². The quantitative estimate of drug-likeness (QED) is 0.664. The molecule has 0 aliphatic carbocycles. The van der Waals surface area contributed by atoms with Crippen LogP contribution < -0.4 is 5.73 Å². The van der Waals surface area contributed by atoms with Crippen molar-refractivity contribution in [3.63, 3.8) is 0 Å². The van der Waals surface area contributed by atoms with Gasteiger partial charge in [0, 0.05) is 11.3 Å². The molecule has 2 nitrogen and oxygen atoms in total. The third-order valence-electron chi connectivity index (χ3n) is 2.86. The molecule has 0 unspecified atom stereocenters. The summed E-state index contributed by atoms with van der Waals surface area (Å²) in [5, 5.41) is 0. The van der Waals surface area contributed by atoms with Crippen molar-refractivity contribution in [3.05, 3.63) is 65.0 Å². The van der Waals surface area contributed by atoms with E-state index in [1.807, 2.05) is 19.1 Å². The molecule has 0 aliphatic heterocycles. The van der Waals surface area contributed by atoms with Gasteiger partial charge >= 0.3 is 0 Å². The van der Waals surface area contributed by atoms with E-state index in [1.54, 1.807) is 12.1 Å². The lowest BCUT2D eigenvalue weighted by Gasteiger charge is -2.05. The molecular formula is C15H14FNO. The highest BCUT2D eigenvalue weighted by Crippen LogP contribution is 2.17. The van der Waals surface area contributed by atoms with Gasteiger partial charge in [-0.1, -0.05) is 31.2 Å². The number of hydrogen-bond donors (Lipinski definition) is 1. The SMILES string of the molecule is CCc1ccc(C(=O)c2cc(N)ccc2F)cc1. The van der Waals surface area contributed by atoms with Crippen LogP contribution in [-0.2, 0) is 6.42 Å². The normalized spacial score (nSPS) is 10.3. The van der Waals surface area contributed by atoms with Crippen LogP contribution in [0, 0.1) is 5.82 Å². The molecule has 0 aliphatic rings. The number of benzene rings is 2. The Labute approximate surface area is 105 Å². The number of carbonyl (C=O) groups is 1. The second kappa shape index (κ2) is 5.00. The number of nitrogens with two attached hydrogens (primary N) is 1. The van der Waals surface area contributed by atoms with Gasteiger partial charge in [-0.05, 0) is 30.2 Å². The highest BCUT2D eigenvalue weighted by Gasteiger charge is 2.14. The average molecular weight is 243 g/mol. The second-order valence-corrected chi connectivity index (χ2v) is 4.12. The van der Waals surface area contributed by atoms with E-state index in [1.165, 1.54) is 18.2 Å². The van der Waals surface area contributed by atoms with Gasteiger partial charge in [0.05, 0.1) is 5.56 Å². The van der Waals surface area contributed by atoms with E-state index in [0.717, 1.165) is 12.0 Å². The number of nitrogen functional groups attached to an aromatic ring is 1. The Morgan fingerprint density at radius 2 is 1.83 bits per heavy atom. The number of rotatable bonds is 3. The Morgan fingerprint density at radius 3 is 2.44 bits per heavy atom. The summed E-state index contributed by atoms with van der Waals surface area (Å²) in [5.74, 6) is -0.892. The first-order valence-electron chi connectivity index (χ1n) is 5.80. The third kappa shape index (κ3) is 2.40. The van der Waals surface area contributed by atoms with Crippen LogP contribution in [0.3, 0.4) is 0 Å². The summed E-state index contributed by atoms with van der Waals surface area (Å²) in [6.07, 6.45) is 0.904. The highest BCUT2D eigenvalue weighted by atomic mass is 19.1. The van der Waals surface area contributed by atoms with Gasteiger partial charge in [0.15, 0.2) is 5.78 Å². The molecule has 3 heteroatoms. The van der Waals surface area contributed by atoms with Crippen molar-refractivity contribution >= 4 is 11.5 Å².